The molecular formula is C27H27N3O5. The van der Waals surface area contributed by atoms with Crippen LogP contribution in [0.1, 0.15) is 10.5 Å². The number of nitrogens with one attached hydrogen (secondary N) is 1. The van der Waals surface area contributed by atoms with E-state index in [-0.39, 0.29) is 11.6 Å². The van der Waals surface area contributed by atoms with Crippen LogP contribution >= 0.6 is 0 Å². The Morgan fingerprint density at radius 2 is 1.63 bits per heavy atom. The van der Waals surface area contributed by atoms with Crippen LogP contribution < -0.4 is 19.5 Å². The zero-order valence-electron chi connectivity index (χ0n) is 19.9. The van der Waals surface area contributed by atoms with Crippen LogP contribution in [0.15, 0.2) is 79.0 Å². The van der Waals surface area contributed by atoms with E-state index in [4.69, 9.17) is 18.9 Å². The standard InChI is InChI=1S/C27H27N3O5/c1-32-15-16-35-22-12-10-20(11-13-22)28-27(31)26-23(18-30(29-26)21-7-5-4-6-8-21)19-9-14-24(33-2)25(17-19)34-3/h4-14,17-18H,15-16H2,1-3H3,(H,28,31). The molecule has 0 saturated carbocycles. The number of carbonyl (C=O) groups is 1. The molecular weight excluding hydrogens is 446 g/mol. The first kappa shape index (κ1) is 23.8. The number of para-hydroxylation sites is 1. The summed E-state index contributed by atoms with van der Waals surface area (Å²) in [7, 11) is 4.78. The summed E-state index contributed by atoms with van der Waals surface area (Å²) in [6.07, 6.45) is 1.83. The van der Waals surface area contributed by atoms with Crippen LogP contribution in [-0.4, -0.2) is 50.2 Å². The maximum atomic E-state index is 13.3. The number of hydrogen-bond donors (Lipinski definition) is 1. The molecule has 0 radical (unpaired) electrons. The maximum absolute atomic E-state index is 13.3. The van der Waals surface area contributed by atoms with Crippen molar-refractivity contribution in [2.75, 3.05) is 39.9 Å². The van der Waals surface area contributed by atoms with Gasteiger partial charge >= 0.3 is 0 Å². The van der Waals surface area contributed by atoms with Crippen LogP contribution in [0, 0.1) is 0 Å². The topological polar surface area (TPSA) is 83.8 Å². The number of rotatable bonds is 10. The second kappa shape index (κ2) is 11.2. The van der Waals surface area contributed by atoms with Crippen LogP contribution in [0.2, 0.25) is 0 Å². The van der Waals surface area contributed by atoms with Gasteiger partial charge in [-0.2, -0.15) is 5.10 Å². The van der Waals surface area contributed by atoms with Crippen molar-refractivity contribution < 1.29 is 23.7 Å². The molecule has 1 heterocycles. The molecule has 8 nitrogen and oxygen atoms in total. The number of ether oxygens (including phenoxy) is 4. The lowest BCUT2D eigenvalue weighted by molar-refractivity contribution is 0.102. The number of amides is 1. The monoisotopic (exact) mass is 473 g/mol. The highest BCUT2D eigenvalue weighted by atomic mass is 16.5. The minimum absolute atomic E-state index is 0.279. The summed E-state index contributed by atoms with van der Waals surface area (Å²) in [6.45, 7) is 0.954. The Hall–Kier alpha value is -4.30. The molecule has 0 bridgehead atoms. The van der Waals surface area contributed by atoms with Crippen LogP contribution in [0.4, 0.5) is 5.69 Å². The Balaban J connectivity index is 1.65. The van der Waals surface area contributed by atoms with Crippen molar-refractivity contribution in [3.8, 4) is 34.1 Å². The lowest BCUT2D eigenvalue weighted by atomic mass is 10.1. The Labute approximate surface area is 204 Å². The third-order valence-electron chi connectivity index (χ3n) is 5.31. The quantitative estimate of drug-likeness (QED) is 0.332. The van der Waals surface area contributed by atoms with Gasteiger partial charge in [0.2, 0.25) is 0 Å². The summed E-state index contributed by atoms with van der Waals surface area (Å²) < 4.78 is 23.1. The van der Waals surface area contributed by atoms with E-state index >= 15 is 0 Å². The van der Waals surface area contributed by atoms with Crippen LogP contribution in [0.5, 0.6) is 17.2 Å². The highest BCUT2D eigenvalue weighted by Crippen LogP contribution is 2.34. The Bertz CT molecular complexity index is 1270. The van der Waals surface area contributed by atoms with Crippen molar-refractivity contribution in [3.63, 3.8) is 0 Å². The Morgan fingerprint density at radius 1 is 0.886 bits per heavy atom. The summed E-state index contributed by atoms with van der Waals surface area (Å²) in [5.74, 6) is 1.52. The van der Waals surface area contributed by atoms with Gasteiger partial charge in [-0.05, 0) is 54.1 Å². The summed E-state index contributed by atoms with van der Waals surface area (Å²) in [4.78, 5) is 13.3. The molecule has 0 spiro atoms. The normalized spacial score (nSPS) is 10.6. The first-order chi connectivity index (χ1) is 17.1. The van der Waals surface area contributed by atoms with Crippen molar-refractivity contribution in [3.05, 3.63) is 84.7 Å². The maximum Gasteiger partial charge on any atom is 0.276 e. The third kappa shape index (κ3) is 5.62. The van der Waals surface area contributed by atoms with Gasteiger partial charge in [0.05, 0.1) is 26.5 Å². The van der Waals surface area contributed by atoms with Gasteiger partial charge in [-0.1, -0.05) is 24.3 Å². The molecule has 1 aromatic heterocycles. The number of benzene rings is 3. The van der Waals surface area contributed by atoms with E-state index in [1.54, 1.807) is 56.3 Å². The molecule has 4 aromatic rings. The third-order valence-corrected chi connectivity index (χ3v) is 5.31. The van der Waals surface area contributed by atoms with Crippen molar-refractivity contribution in [2.45, 2.75) is 0 Å². The van der Waals surface area contributed by atoms with Gasteiger partial charge in [-0.15, -0.1) is 0 Å². The molecule has 0 saturated heterocycles. The molecule has 0 fully saturated rings. The van der Waals surface area contributed by atoms with Gasteiger partial charge in [0.15, 0.2) is 17.2 Å². The second-order valence-corrected chi connectivity index (χ2v) is 7.56. The van der Waals surface area contributed by atoms with Gasteiger partial charge in [0.1, 0.15) is 12.4 Å². The van der Waals surface area contributed by atoms with Gasteiger partial charge in [-0.3, -0.25) is 4.79 Å². The largest absolute Gasteiger partial charge is 0.493 e. The first-order valence-corrected chi connectivity index (χ1v) is 11.0. The molecule has 0 aliphatic heterocycles. The predicted octanol–water partition coefficient (Wildman–Crippen LogP) is 4.83. The number of carbonyl (C=O) groups excluding carboxylic acids is 1. The molecule has 3 aromatic carbocycles. The zero-order valence-corrected chi connectivity index (χ0v) is 19.9. The number of hydrogen-bond acceptors (Lipinski definition) is 6. The van der Waals surface area contributed by atoms with E-state index in [9.17, 15) is 4.79 Å². The molecule has 180 valence electrons. The lowest BCUT2D eigenvalue weighted by Crippen LogP contribution is -2.14. The van der Waals surface area contributed by atoms with E-state index in [2.05, 4.69) is 10.4 Å². The fourth-order valence-corrected chi connectivity index (χ4v) is 3.54. The summed E-state index contributed by atoms with van der Waals surface area (Å²) in [5.41, 5.74) is 3.18. The number of aromatic nitrogens is 2. The highest BCUT2D eigenvalue weighted by molar-refractivity contribution is 6.07. The lowest BCUT2D eigenvalue weighted by Gasteiger charge is -2.10. The van der Waals surface area contributed by atoms with E-state index in [1.807, 2.05) is 48.7 Å². The van der Waals surface area contributed by atoms with Gasteiger partial charge in [-0.25, -0.2) is 4.68 Å². The Morgan fingerprint density at radius 3 is 2.31 bits per heavy atom. The predicted molar refractivity (Wildman–Crippen MR) is 134 cm³/mol. The molecule has 0 aliphatic rings. The average molecular weight is 474 g/mol. The van der Waals surface area contributed by atoms with Crippen LogP contribution in [-0.2, 0) is 4.74 Å². The highest BCUT2D eigenvalue weighted by Gasteiger charge is 2.20. The second-order valence-electron chi connectivity index (χ2n) is 7.56. The van der Waals surface area contributed by atoms with Gasteiger partial charge in [0.25, 0.3) is 5.91 Å². The van der Waals surface area contributed by atoms with E-state index in [0.717, 1.165) is 11.3 Å². The van der Waals surface area contributed by atoms with Crippen molar-refractivity contribution in [1.82, 2.24) is 9.78 Å². The minimum atomic E-state index is -0.336. The molecule has 0 atom stereocenters. The van der Waals surface area contributed by atoms with Crippen molar-refractivity contribution in [2.24, 2.45) is 0 Å². The summed E-state index contributed by atoms with van der Waals surface area (Å²) in [5, 5.41) is 7.54. The fourth-order valence-electron chi connectivity index (χ4n) is 3.54. The Kier molecular flexibility index (Phi) is 7.64. The fraction of sp³-hybridized carbons (Fsp3) is 0.185. The van der Waals surface area contributed by atoms with E-state index < -0.39 is 0 Å². The summed E-state index contributed by atoms with van der Waals surface area (Å²) >= 11 is 0. The van der Waals surface area contributed by atoms with Crippen molar-refractivity contribution >= 4 is 11.6 Å². The zero-order chi connectivity index (χ0) is 24.6. The van der Waals surface area contributed by atoms with Crippen LogP contribution in [0.25, 0.3) is 16.8 Å². The van der Waals surface area contributed by atoms with Crippen LogP contribution in [0.3, 0.4) is 0 Å². The summed E-state index contributed by atoms with van der Waals surface area (Å²) in [6, 6.07) is 22.3. The molecule has 0 unspecified atom stereocenters. The molecule has 4 rings (SSSR count). The SMILES string of the molecule is COCCOc1ccc(NC(=O)c2nn(-c3ccccc3)cc2-c2ccc(OC)c(OC)c2)cc1. The number of anilines is 1. The number of methoxy groups -OCH3 is 3. The smallest absolute Gasteiger partial charge is 0.276 e. The van der Waals surface area contributed by atoms with E-state index in [1.165, 1.54) is 0 Å². The van der Waals surface area contributed by atoms with Gasteiger partial charge < -0.3 is 24.3 Å². The molecule has 8 heteroatoms. The first-order valence-electron chi connectivity index (χ1n) is 11.0. The number of nitrogens with zero attached hydrogens (tertiary/aromatic N) is 2. The average Bonchev–Trinajstić information content (AvgIpc) is 3.36. The van der Waals surface area contributed by atoms with Gasteiger partial charge in [0, 0.05) is 24.6 Å². The molecule has 1 amide bonds. The minimum Gasteiger partial charge on any atom is -0.493 e. The molecule has 1 N–H and O–H groups in total. The molecule has 0 aliphatic carbocycles. The molecule has 35 heavy (non-hydrogen) atoms. The van der Waals surface area contributed by atoms with Crippen molar-refractivity contribution in [1.29, 1.82) is 0 Å². The van der Waals surface area contributed by atoms with E-state index in [0.29, 0.717) is 41.7 Å².